The second-order valence-electron chi connectivity index (χ2n) is 3.79. The summed E-state index contributed by atoms with van der Waals surface area (Å²) in [4.78, 5) is 4.48. The third-order valence-corrected chi connectivity index (χ3v) is 2.90. The van der Waals surface area contributed by atoms with E-state index < -0.39 is 0 Å². The SMILES string of the molecule is C/C1=C\C=C/CCN=C(c2ccc(Br)cc2)O1. The average Bonchev–Trinajstić information content (AvgIpc) is 2.42. The van der Waals surface area contributed by atoms with Crippen LogP contribution < -0.4 is 0 Å². The van der Waals surface area contributed by atoms with Gasteiger partial charge in [0.2, 0.25) is 5.90 Å². The molecule has 1 aromatic rings. The van der Waals surface area contributed by atoms with Crippen LogP contribution in [-0.4, -0.2) is 12.4 Å². The van der Waals surface area contributed by atoms with Crippen LogP contribution >= 0.6 is 15.9 Å². The summed E-state index contributed by atoms with van der Waals surface area (Å²) in [5, 5.41) is 0. The molecule has 0 aromatic heterocycles. The number of benzene rings is 1. The van der Waals surface area contributed by atoms with E-state index >= 15 is 0 Å². The molecule has 2 rings (SSSR count). The van der Waals surface area contributed by atoms with Crippen molar-refractivity contribution >= 4 is 21.8 Å². The van der Waals surface area contributed by atoms with Crippen LogP contribution in [0.25, 0.3) is 0 Å². The molecule has 0 atom stereocenters. The van der Waals surface area contributed by atoms with Gasteiger partial charge in [-0.3, -0.25) is 4.99 Å². The van der Waals surface area contributed by atoms with Crippen molar-refractivity contribution in [1.82, 2.24) is 0 Å². The lowest BCUT2D eigenvalue weighted by Crippen LogP contribution is -2.06. The lowest BCUT2D eigenvalue weighted by atomic mass is 10.2. The first-order valence-electron chi connectivity index (χ1n) is 5.57. The Hall–Kier alpha value is -1.35. The standard InChI is InChI=1S/C14H14BrNO/c1-11-5-3-2-4-10-16-14(17-11)12-6-8-13(15)9-7-12/h2-3,5-9H,4,10H2,1H3/b3-2-,11-5+,16-14?. The summed E-state index contributed by atoms with van der Waals surface area (Å²) in [6, 6.07) is 7.99. The molecule has 2 nitrogen and oxygen atoms in total. The molecule has 3 heteroatoms. The molecule has 0 radical (unpaired) electrons. The van der Waals surface area contributed by atoms with Crippen LogP contribution in [0.15, 0.2) is 57.7 Å². The summed E-state index contributed by atoms with van der Waals surface area (Å²) >= 11 is 3.42. The number of aliphatic imine (C=N–C) groups is 1. The van der Waals surface area contributed by atoms with Crippen LogP contribution in [0.2, 0.25) is 0 Å². The zero-order valence-electron chi connectivity index (χ0n) is 9.69. The van der Waals surface area contributed by atoms with Crippen LogP contribution in [0.3, 0.4) is 0 Å². The van der Waals surface area contributed by atoms with E-state index in [0.29, 0.717) is 5.90 Å². The second kappa shape index (κ2) is 5.82. The first-order valence-corrected chi connectivity index (χ1v) is 6.37. The fourth-order valence-corrected chi connectivity index (χ4v) is 1.77. The summed E-state index contributed by atoms with van der Waals surface area (Å²) < 4.78 is 6.80. The lowest BCUT2D eigenvalue weighted by Gasteiger charge is -2.08. The molecule has 0 saturated heterocycles. The fraction of sp³-hybridized carbons (Fsp3) is 0.214. The number of rotatable bonds is 1. The Morgan fingerprint density at radius 1 is 1.24 bits per heavy atom. The predicted octanol–water partition coefficient (Wildman–Crippen LogP) is 4.08. The molecule has 1 heterocycles. The average molecular weight is 292 g/mol. The molecular weight excluding hydrogens is 278 g/mol. The van der Waals surface area contributed by atoms with Crippen molar-refractivity contribution in [2.45, 2.75) is 13.3 Å². The molecule has 0 N–H and O–H groups in total. The van der Waals surface area contributed by atoms with E-state index in [1.165, 1.54) is 0 Å². The number of nitrogens with zero attached hydrogens (tertiary/aromatic N) is 1. The number of allylic oxidation sites excluding steroid dienone is 3. The van der Waals surface area contributed by atoms with E-state index in [4.69, 9.17) is 4.74 Å². The number of hydrogen-bond acceptors (Lipinski definition) is 2. The molecule has 1 aliphatic heterocycles. The van der Waals surface area contributed by atoms with Crippen molar-refractivity contribution in [3.63, 3.8) is 0 Å². The van der Waals surface area contributed by atoms with Gasteiger partial charge in [-0.1, -0.05) is 28.1 Å². The van der Waals surface area contributed by atoms with E-state index in [2.05, 4.69) is 27.0 Å². The van der Waals surface area contributed by atoms with Gasteiger partial charge in [0, 0.05) is 16.6 Å². The van der Waals surface area contributed by atoms with Crippen LogP contribution in [0.1, 0.15) is 18.9 Å². The van der Waals surface area contributed by atoms with Crippen molar-refractivity contribution in [2.24, 2.45) is 4.99 Å². The Morgan fingerprint density at radius 2 is 2.00 bits per heavy atom. The van der Waals surface area contributed by atoms with Gasteiger partial charge >= 0.3 is 0 Å². The Kier molecular flexibility index (Phi) is 4.15. The maximum atomic E-state index is 5.74. The molecule has 88 valence electrons. The maximum Gasteiger partial charge on any atom is 0.221 e. The minimum atomic E-state index is 0.690. The van der Waals surface area contributed by atoms with Crippen molar-refractivity contribution in [1.29, 1.82) is 0 Å². The number of ether oxygens (including phenoxy) is 1. The number of halogens is 1. The molecule has 0 spiro atoms. The lowest BCUT2D eigenvalue weighted by molar-refractivity contribution is 0.417. The zero-order chi connectivity index (χ0) is 12.1. The number of hydrogen-bond donors (Lipinski definition) is 0. The van der Waals surface area contributed by atoms with Gasteiger partial charge in [0.15, 0.2) is 0 Å². The monoisotopic (exact) mass is 291 g/mol. The highest BCUT2D eigenvalue weighted by Gasteiger charge is 2.06. The predicted molar refractivity (Wildman–Crippen MR) is 74.1 cm³/mol. The highest BCUT2D eigenvalue weighted by atomic mass is 79.9. The molecular formula is C14H14BrNO. The molecule has 1 aromatic carbocycles. The normalized spacial score (nSPS) is 21.1. The van der Waals surface area contributed by atoms with Gasteiger partial charge in [-0.05, 0) is 43.7 Å². The first kappa shape index (κ1) is 12.1. The van der Waals surface area contributed by atoms with Gasteiger partial charge in [0.25, 0.3) is 0 Å². The van der Waals surface area contributed by atoms with Crippen molar-refractivity contribution in [3.05, 3.63) is 58.3 Å². The van der Waals surface area contributed by atoms with Crippen LogP contribution in [-0.2, 0) is 4.74 Å². The topological polar surface area (TPSA) is 21.6 Å². The van der Waals surface area contributed by atoms with Gasteiger partial charge < -0.3 is 4.74 Å². The molecule has 1 aliphatic rings. The molecule has 0 fully saturated rings. The summed E-state index contributed by atoms with van der Waals surface area (Å²) in [5.74, 6) is 1.54. The summed E-state index contributed by atoms with van der Waals surface area (Å²) in [6.45, 7) is 2.69. The molecule has 17 heavy (non-hydrogen) atoms. The summed E-state index contributed by atoms with van der Waals surface area (Å²) in [7, 11) is 0. The van der Waals surface area contributed by atoms with Crippen molar-refractivity contribution in [3.8, 4) is 0 Å². The highest BCUT2D eigenvalue weighted by Crippen LogP contribution is 2.14. The van der Waals surface area contributed by atoms with Gasteiger partial charge in [-0.25, -0.2) is 0 Å². The van der Waals surface area contributed by atoms with E-state index in [0.717, 1.165) is 28.8 Å². The summed E-state index contributed by atoms with van der Waals surface area (Å²) in [6.07, 6.45) is 7.00. The maximum absolute atomic E-state index is 5.74. The Morgan fingerprint density at radius 3 is 2.76 bits per heavy atom. The van der Waals surface area contributed by atoms with Gasteiger partial charge in [-0.15, -0.1) is 0 Å². The van der Waals surface area contributed by atoms with Gasteiger partial charge in [0.1, 0.15) is 5.76 Å². The second-order valence-corrected chi connectivity index (χ2v) is 4.71. The fourth-order valence-electron chi connectivity index (χ4n) is 1.50. The van der Waals surface area contributed by atoms with E-state index in [-0.39, 0.29) is 0 Å². The van der Waals surface area contributed by atoms with Crippen LogP contribution in [0.5, 0.6) is 0 Å². The molecule has 0 aliphatic carbocycles. The summed E-state index contributed by atoms with van der Waals surface area (Å²) in [5.41, 5.74) is 1.00. The van der Waals surface area contributed by atoms with Gasteiger partial charge in [-0.2, -0.15) is 0 Å². The smallest absolute Gasteiger partial charge is 0.221 e. The van der Waals surface area contributed by atoms with Gasteiger partial charge in [0.05, 0.1) is 0 Å². The Labute approximate surface area is 110 Å². The van der Waals surface area contributed by atoms with Crippen molar-refractivity contribution in [2.75, 3.05) is 6.54 Å². The van der Waals surface area contributed by atoms with E-state index in [1.807, 2.05) is 43.3 Å². The quantitative estimate of drug-likeness (QED) is 0.764. The minimum absolute atomic E-state index is 0.690. The Balaban J connectivity index is 2.26. The molecule has 0 bridgehead atoms. The third kappa shape index (κ3) is 3.56. The Bertz CT molecular complexity index is 472. The highest BCUT2D eigenvalue weighted by molar-refractivity contribution is 9.10. The van der Waals surface area contributed by atoms with E-state index in [9.17, 15) is 0 Å². The zero-order valence-corrected chi connectivity index (χ0v) is 11.3. The third-order valence-electron chi connectivity index (χ3n) is 2.37. The molecule has 0 unspecified atom stereocenters. The minimum Gasteiger partial charge on any atom is -0.443 e. The van der Waals surface area contributed by atoms with E-state index in [1.54, 1.807) is 0 Å². The largest absolute Gasteiger partial charge is 0.443 e. The van der Waals surface area contributed by atoms with Crippen molar-refractivity contribution < 1.29 is 4.74 Å². The van der Waals surface area contributed by atoms with Crippen LogP contribution in [0.4, 0.5) is 0 Å². The molecule has 0 amide bonds. The van der Waals surface area contributed by atoms with Crippen LogP contribution in [0, 0.1) is 0 Å². The first-order chi connectivity index (χ1) is 8.25. The molecule has 0 saturated carbocycles.